The van der Waals surface area contributed by atoms with Crippen LogP contribution in [0.2, 0.25) is 0 Å². The van der Waals surface area contributed by atoms with Crippen molar-refractivity contribution in [1.29, 1.82) is 0 Å². The number of nitrogens with one attached hydrogen (secondary N) is 1. The topological polar surface area (TPSA) is 49.0 Å². The fourth-order valence-electron chi connectivity index (χ4n) is 2.05. The van der Waals surface area contributed by atoms with Crippen LogP contribution in [0.25, 0.3) is 0 Å². The van der Waals surface area contributed by atoms with Crippen LogP contribution in [0.3, 0.4) is 0 Å². The number of rotatable bonds is 20. The number of ether oxygens (including phenoxy) is 4. The minimum absolute atomic E-state index is 0.797. The molecule has 0 aliphatic rings. The Balaban J connectivity index is 2.92. The van der Waals surface area contributed by atoms with Crippen LogP contribution >= 0.6 is 0 Å². The molecule has 0 aliphatic heterocycles. The molecule has 23 heavy (non-hydrogen) atoms. The summed E-state index contributed by atoms with van der Waals surface area (Å²) in [6, 6.07) is 0. The highest BCUT2D eigenvalue weighted by atomic mass is 16.5. The van der Waals surface area contributed by atoms with Gasteiger partial charge in [0.25, 0.3) is 0 Å². The first-order valence-corrected chi connectivity index (χ1v) is 9.43. The third-order valence-corrected chi connectivity index (χ3v) is 3.35. The van der Waals surface area contributed by atoms with Gasteiger partial charge in [-0.25, -0.2) is 0 Å². The van der Waals surface area contributed by atoms with Crippen LogP contribution in [0.1, 0.15) is 52.4 Å². The Kier molecular flexibility index (Phi) is 21.6. The van der Waals surface area contributed by atoms with Gasteiger partial charge in [-0.1, -0.05) is 0 Å². The van der Waals surface area contributed by atoms with Crippen LogP contribution in [0, 0.1) is 0 Å². The number of hydrogen-bond donors (Lipinski definition) is 1. The molecule has 0 amide bonds. The van der Waals surface area contributed by atoms with Crippen LogP contribution in [-0.2, 0) is 18.9 Å². The zero-order valence-electron chi connectivity index (χ0n) is 15.4. The summed E-state index contributed by atoms with van der Waals surface area (Å²) in [6.45, 7) is 12.8. The maximum atomic E-state index is 5.55. The van der Waals surface area contributed by atoms with E-state index in [1.807, 2.05) is 13.8 Å². The molecule has 0 saturated carbocycles. The molecule has 5 heteroatoms. The second-order valence-corrected chi connectivity index (χ2v) is 5.49. The highest BCUT2D eigenvalue weighted by Crippen LogP contribution is 1.93. The number of hydrogen-bond acceptors (Lipinski definition) is 5. The van der Waals surface area contributed by atoms with Crippen molar-refractivity contribution in [3.05, 3.63) is 0 Å². The Morgan fingerprint density at radius 1 is 0.478 bits per heavy atom. The van der Waals surface area contributed by atoms with Gasteiger partial charge in [0.2, 0.25) is 0 Å². The molecule has 0 spiro atoms. The van der Waals surface area contributed by atoms with E-state index in [1.54, 1.807) is 0 Å². The molecule has 0 aromatic carbocycles. The van der Waals surface area contributed by atoms with E-state index in [4.69, 9.17) is 18.9 Å². The lowest BCUT2D eigenvalue weighted by molar-refractivity contribution is 0.0859. The molecule has 0 bridgehead atoms. The highest BCUT2D eigenvalue weighted by Gasteiger charge is 1.93. The van der Waals surface area contributed by atoms with Gasteiger partial charge in [0.05, 0.1) is 0 Å². The van der Waals surface area contributed by atoms with Gasteiger partial charge in [-0.15, -0.1) is 0 Å². The summed E-state index contributed by atoms with van der Waals surface area (Å²) in [4.78, 5) is 0. The molecule has 0 aliphatic carbocycles. The molecule has 0 atom stereocenters. The molecule has 0 unspecified atom stereocenters. The molecular weight excluding hydrogens is 294 g/mol. The van der Waals surface area contributed by atoms with Gasteiger partial charge in [-0.05, 0) is 65.5 Å². The van der Waals surface area contributed by atoms with Crippen molar-refractivity contribution in [2.75, 3.05) is 65.9 Å². The lowest BCUT2D eigenvalue weighted by Crippen LogP contribution is -2.17. The molecule has 0 aromatic rings. The van der Waals surface area contributed by atoms with Crippen molar-refractivity contribution in [1.82, 2.24) is 5.32 Å². The Morgan fingerprint density at radius 3 is 1.30 bits per heavy atom. The van der Waals surface area contributed by atoms with Crippen molar-refractivity contribution >= 4 is 0 Å². The van der Waals surface area contributed by atoms with Crippen LogP contribution in [-0.4, -0.2) is 65.9 Å². The number of unbranched alkanes of at least 4 members (excludes halogenated alkanes) is 2. The summed E-state index contributed by atoms with van der Waals surface area (Å²) in [5.41, 5.74) is 0. The Morgan fingerprint density at radius 2 is 0.870 bits per heavy atom. The van der Waals surface area contributed by atoms with Crippen molar-refractivity contribution in [2.45, 2.75) is 52.4 Å². The van der Waals surface area contributed by atoms with Gasteiger partial charge in [-0.3, -0.25) is 0 Å². The molecule has 5 nitrogen and oxygen atoms in total. The van der Waals surface area contributed by atoms with Gasteiger partial charge in [0.15, 0.2) is 0 Å². The summed E-state index contributed by atoms with van der Waals surface area (Å²) in [6.07, 6.45) is 6.62. The van der Waals surface area contributed by atoms with E-state index in [-0.39, 0.29) is 0 Å². The first-order chi connectivity index (χ1) is 11.4. The zero-order valence-corrected chi connectivity index (χ0v) is 15.4. The predicted octanol–water partition coefficient (Wildman–Crippen LogP) is 3.02. The monoisotopic (exact) mass is 333 g/mol. The summed E-state index contributed by atoms with van der Waals surface area (Å²) in [5.74, 6) is 0. The van der Waals surface area contributed by atoms with Crippen molar-refractivity contribution < 1.29 is 18.9 Å². The Labute approximate surface area is 143 Å². The Hall–Kier alpha value is -0.200. The highest BCUT2D eigenvalue weighted by molar-refractivity contribution is 4.49. The van der Waals surface area contributed by atoms with Gasteiger partial charge in [0.1, 0.15) is 0 Å². The van der Waals surface area contributed by atoms with E-state index < -0.39 is 0 Å². The SMILES string of the molecule is CCOCCCOCCCCNCCCCOCCCOCC. The minimum Gasteiger partial charge on any atom is -0.382 e. The third kappa shape index (κ3) is 21.8. The van der Waals surface area contributed by atoms with Gasteiger partial charge in [0, 0.05) is 52.9 Å². The lowest BCUT2D eigenvalue weighted by atomic mass is 10.3. The summed E-state index contributed by atoms with van der Waals surface area (Å²) in [5, 5.41) is 3.47. The van der Waals surface area contributed by atoms with Crippen molar-refractivity contribution in [3.63, 3.8) is 0 Å². The molecule has 0 fully saturated rings. The standard InChI is InChI=1S/C18H39NO4/c1-3-20-15-9-17-22-13-7-5-11-19-12-6-8-14-23-18-10-16-21-4-2/h19H,3-18H2,1-2H3. The molecule has 140 valence electrons. The summed E-state index contributed by atoms with van der Waals surface area (Å²) < 4.78 is 21.6. The van der Waals surface area contributed by atoms with Gasteiger partial charge in [-0.2, -0.15) is 0 Å². The van der Waals surface area contributed by atoms with Crippen LogP contribution < -0.4 is 5.32 Å². The summed E-state index contributed by atoms with van der Waals surface area (Å²) in [7, 11) is 0. The first-order valence-electron chi connectivity index (χ1n) is 9.43. The molecule has 0 radical (unpaired) electrons. The average Bonchev–Trinajstić information content (AvgIpc) is 2.57. The normalized spacial score (nSPS) is 11.2. The fraction of sp³-hybridized carbons (Fsp3) is 1.00. The fourth-order valence-corrected chi connectivity index (χ4v) is 2.05. The maximum Gasteiger partial charge on any atom is 0.0487 e. The molecule has 1 N–H and O–H groups in total. The lowest BCUT2D eigenvalue weighted by Gasteiger charge is -2.07. The second-order valence-electron chi connectivity index (χ2n) is 5.49. The van der Waals surface area contributed by atoms with E-state index in [0.717, 1.165) is 91.6 Å². The van der Waals surface area contributed by atoms with Crippen molar-refractivity contribution in [2.24, 2.45) is 0 Å². The smallest absolute Gasteiger partial charge is 0.0487 e. The van der Waals surface area contributed by atoms with E-state index in [2.05, 4.69) is 5.32 Å². The summed E-state index contributed by atoms with van der Waals surface area (Å²) >= 11 is 0. The molecule has 0 aromatic heterocycles. The molecule has 0 rings (SSSR count). The van der Waals surface area contributed by atoms with E-state index in [9.17, 15) is 0 Å². The van der Waals surface area contributed by atoms with Crippen molar-refractivity contribution in [3.8, 4) is 0 Å². The second kappa shape index (κ2) is 21.8. The van der Waals surface area contributed by atoms with E-state index in [0.29, 0.717) is 0 Å². The van der Waals surface area contributed by atoms with Gasteiger partial charge >= 0.3 is 0 Å². The average molecular weight is 334 g/mol. The van der Waals surface area contributed by atoms with Crippen LogP contribution in [0.4, 0.5) is 0 Å². The predicted molar refractivity (Wildman–Crippen MR) is 95.2 cm³/mol. The van der Waals surface area contributed by atoms with E-state index >= 15 is 0 Å². The third-order valence-electron chi connectivity index (χ3n) is 3.35. The quantitative estimate of drug-likeness (QED) is 0.347. The van der Waals surface area contributed by atoms with Crippen LogP contribution in [0.15, 0.2) is 0 Å². The van der Waals surface area contributed by atoms with E-state index in [1.165, 1.54) is 12.8 Å². The largest absolute Gasteiger partial charge is 0.382 e. The zero-order chi connectivity index (χ0) is 16.8. The minimum atomic E-state index is 0.797. The maximum absolute atomic E-state index is 5.55. The first kappa shape index (κ1) is 22.8. The molecular formula is C18H39NO4. The molecule has 0 saturated heterocycles. The van der Waals surface area contributed by atoms with Crippen LogP contribution in [0.5, 0.6) is 0 Å². The van der Waals surface area contributed by atoms with Gasteiger partial charge < -0.3 is 24.3 Å². The molecule has 0 heterocycles. The Bertz CT molecular complexity index is 185.